The van der Waals surface area contributed by atoms with Gasteiger partial charge in [0.15, 0.2) is 0 Å². The molecule has 18 heavy (non-hydrogen) atoms. The molecule has 0 aliphatic rings. The number of carbonyl (C=O) groups excluding carboxylic acids is 2. The van der Waals surface area contributed by atoms with Gasteiger partial charge in [-0.05, 0) is 22.9 Å². The summed E-state index contributed by atoms with van der Waals surface area (Å²) in [6, 6.07) is 9.41. The number of hydrogen-bond acceptors (Lipinski definition) is 4. The summed E-state index contributed by atoms with van der Waals surface area (Å²) in [6.07, 6.45) is 0. The molecule has 0 aliphatic carbocycles. The number of carboxylic acid groups (broad SMARTS) is 2. The number of rotatable bonds is 2. The Bertz CT molecular complexity index is 543. The largest absolute Gasteiger partial charge is 1.00 e. The van der Waals surface area contributed by atoms with E-state index in [0.717, 1.165) is 0 Å². The molecule has 2 aromatic rings. The van der Waals surface area contributed by atoms with Gasteiger partial charge in [-0.2, -0.15) is 0 Å². The second kappa shape index (κ2) is 7.28. The first-order valence-corrected chi connectivity index (χ1v) is 4.55. The van der Waals surface area contributed by atoms with Gasteiger partial charge < -0.3 is 19.8 Å². The summed E-state index contributed by atoms with van der Waals surface area (Å²) in [5.41, 5.74) is -0.725. The zero-order chi connectivity index (χ0) is 11.7. The Morgan fingerprint density at radius 3 is 1.39 bits per heavy atom. The molecule has 0 heterocycles. The first-order chi connectivity index (χ1) is 7.59. The fraction of sp³-hybridized carbons (Fsp3) is 0. The number of carbonyl (C=O) groups is 2. The Morgan fingerprint density at radius 2 is 1.11 bits per heavy atom. The van der Waals surface area contributed by atoms with Crippen LogP contribution in [0.3, 0.4) is 0 Å². The summed E-state index contributed by atoms with van der Waals surface area (Å²) < 4.78 is 0. The Labute approximate surface area is 148 Å². The van der Waals surface area contributed by atoms with E-state index in [4.69, 9.17) is 0 Å². The molecular formula is C12H6Na2O4. The van der Waals surface area contributed by atoms with Crippen LogP contribution in [0.25, 0.3) is 10.8 Å². The van der Waals surface area contributed by atoms with E-state index in [1.807, 2.05) is 0 Å². The summed E-state index contributed by atoms with van der Waals surface area (Å²) in [4.78, 5) is 21.5. The summed E-state index contributed by atoms with van der Waals surface area (Å²) in [5.74, 6) is -3.05. The van der Waals surface area contributed by atoms with Crippen molar-refractivity contribution in [3.05, 3.63) is 47.5 Å². The molecule has 0 aromatic heterocycles. The minimum Gasteiger partial charge on any atom is -0.545 e. The molecule has 0 N–H and O–H groups in total. The smallest absolute Gasteiger partial charge is 0.545 e. The van der Waals surface area contributed by atoms with Crippen molar-refractivity contribution in [1.29, 1.82) is 0 Å². The Hall–Kier alpha value is -0.360. The van der Waals surface area contributed by atoms with E-state index in [2.05, 4.69) is 0 Å². The van der Waals surface area contributed by atoms with Crippen molar-refractivity contribution in [2.75, 3.05) is 0 Å². The molecule has 0 saturated carbocycles. The van der Waals surface area contributed by atoms with Gasteiger partial charge in [0, 0.05) is 11.1 Å². The SMILES string of the molecule is O=C([O-])c1cc2ccccc2cc1C(=O)[O-].[Na+].[Na+]. The number of benzene rings is 2. The summed E-state index contributed by atoms with van der Waals surface area (Å²) in [6.45, 7) is 0. The van der Waals surface area contributed by atoms with E-state index in [1.165, 1.54) is 12.1 Å². The number of fused-ring (bicyclic) bond motifs is 1. The standard InChI is InChI=1S/C12H8O4.2Na/c13-11(14)9-5-7-3-1-2-4-8(7)6-10(9)12(15)16;;/h1-6H,(H,13,14)(H,15,16);;/q;2*+1/p-2. The van der Waals surface area contributed by atoms with Gasteiger partial charge in [0.2, 0.25) is 0 Å². The third-order valence-electron chi connectivity index (χ3n) is 2.33. The van der Waals surface area contributed by atoms with Crippen molar-refractivity contribution in [1.82, 2.24) is 0 Å². The molecule has 80 valence electrons. The zero-order valence-electron chi connectivity index (χ0n) is 10.1. The Morgan fingerprint density at radius 1 is 0.778 bits per heavy atom. The van der Waals surface area contributed by atoms with E-state index in [-0.39, 0.29) is 70.2 Å². The van der Waals surface area contributed by atoms with Crippen LogP contribution in [0, 0.1) is 0 Å². The summed E-state index contributed by atoms with van der Waals surface area (Å²) in [7, 11) is 0. The van der Waals surface area contributed by atoms with Crippen LogP contribution in [0.1, 0.15) is 20.7 Å². The molecule has 0 fully saturated rings. The average molecular weight is 260 g/mol. The van der Waals surface area contributed by atoms with E-state index in [1.54, 1.807) is 24.3 Å². The van der Waals surface area contributed by atoms with Gasteiger partial charge in [0.25, 0.3) is 0 Å². The van der Waals surface area contributed by atoms with Gasteiger partial charge in [-0.3, -0.25) is 0 Å². The van der Waals surface area contributed by atoms with Gasteiger partial charge in [-0.25, -0.2) is 0 Å². The molecule has 0 amide bonds. The maximum Gasteiger partial charge on any atom is 1.00 e. The predicted octanol–water partition coefficient (Wildman–Crippen LogP) is -6.43. The minimum atomic E-state index is -1.52. The van der Waals surface area contributed by atoms with E-state index in [9.17, 15) is 19.8 Å². The van der Waals surface area contributed by atoms with Crippen LogP contribution in [0.5, 0.6) is 0 Å². The van der Waals surface area contributed by atoms with Crippen LogP contribution >= 0.6 is 0 Å². The predicted molar refractivity (Wildman–Crippen MR) is 52.6 cm³/mol. The maximum atomic E-state index is 10.8. The fourth-order valence-electron chi connectivity index (χ4n) is 1.58. The van der Waals surface area contributed by atoms with Crippen molar-refractivity contribution in [2.45, 2.75) is 0 Å². The second-order valence-electron chi connectivity index (χ2n) is 3.32. The van der Waals surface area contributed by atoms with E-state index in [0.29, 0.717) is 10.8 Å². The fourth-order valence-corrected chi connectivity index (χ4v) is 1.58. The molecule has 0 bridgehead atoms. The third kappa shape index (κ3) is 3.57. The minimum absolute atomic E-state index is 0. The van der Waals surface area contributed by atoms with Crippen molar-refractivity contribution in [3.63, 3.8) is 0 Å². The van der Waals surface area contributed by atoms with Crippen LogP contribution in [0.15, 0.2) is 36.4 Å². The second-order valence-corrected chi connectivity index (χ2v) is 3.32. The molecule has 0 radical (unpaired) electrons. The van der Waals surface area contributed by atoms with E-state index < -0.39 is 11.9 Å². The van der Waals surface area contributed by atoms with Crippen molar-refractivity contribution in [2.24, 2.45) is 0 Å². The van der Waals surface area contributed by atoms with Crippen LogP contribution in [0.4, 0.5) is 0 Å². The summed E-state index contributed by atoms with van der Waals surface area (Å²) >= 11 is 0. The first kappa shape index (κ1) is 17.6. The zero-order valence-corrected chi connectivity index (χ0v) is 14.1. The molecular weight excluding hydrogens is 254 g/mol. The molecule has 2 rings (SSSR count). The van der Waals surface area contributed by atoms with Gasteiger partial charge >= 0.3 is 59.1 Å². The third-order valence-corrected chi connectivity index (χ3v) is 2.33. The average Bonchev–Trinajstić information content (AvgIpc) is 2.27. The van der Waals surface area contributed by atoms with Crippen LogP contribution in [0.2, 0.25) is 0 Å². The van der Waals surface area contributed by atoms with Crippen LogP contribution in [-0.4, -0.2) is 11.9 Å². The molecule has 0 spiro atoms. The van der Waals surface area contributed by atoms with Crippen molar-refractivity contribution < 1.29 is 78.9 Å². The molecule has 0 aliphatic heterocycles. The molecule has 0 unspecified atom stereocenters. The normalized spacial score (nSPS) is 9.11. The van der Waals surface area contributed by atoms with E-state index >= 15 is 0 Å². The topological polar surface area (TPSA) is 80.3 Å². The van der Waals surface area contributed by atoms with Gasteiger partial charge in [0.05, 0.1) is 11.9 Å². The molecule has 2 aromatic carbocycles. The van der Waals surface area contributed by atoms with Gasteiger partial charge in [0.1, 0.15) is 0 Å². The quantitative estimate of drug-likeness (QED) is 0.503. The monoisotopic (exact) mass is 260 g/mol. The molecule has 0 atom stereocenters. The first-order valence-electron chi connectivity index (χ1n) is 4.55. The number of carboxylic acids is 2. The van der Waals surface area contributed by atoms with Crippen LogP contribution < -0.4 is 69.3 Å². The summed E-state index contributed by atoms with van der Waals surface area (Å²) in [5, 5.41) is 22.8. The number of hydrogen-bond donors (Lipinski definition) is 0. The number of aromatic carboxylic acids is 2. The molecule has 0 saturated heterocycles. The van der Waals surface area contributed by atoms with Crippen molar-refractivity contribution in [3.8, 4) is 0 Å². The van der Waals surface area contributed by atoms with Crippen molar-refractivity contribution >= 4 is 22.7 Å². The molecule has 4 nitrogen and oxygen atoms in total. The molecule has 6 heteroatoms. The Kier molecular flexibility index (Phi) is 7.14. The Balaban J connectivity index is 0.00000144. The maximum absolute atomic E-state index is 10.8. The van der Waals surface area contributed by atoms with Crippen LogP contribution in [-0.2, 0) is 0 Å². The van der Waals surface area contributed by atoms with Gasteiger partial charge in [-0.15, -0.1) is 0 Å². The van der Waals surface area contributed by atoms with Gasteiger partial charge in [-0.1, -0.05) is 24.3 Å².